The van der Waals surface area contributed by atoms with Gasteiger partial charge in [0.25, 0.3) is 0 Å². The van der Waals surface area contributed by atoms with Crippen LogP contribution in [0.1, 0.15) is 10.7 Å². The second-order valence-corrected chi connectivity index (χ2v) is 8.92. The van der Waals surface area contributed by atoms with E-state index in [0.717, 1.165) is 44.8 Å². The summed E-state index contributed by atoms with van der Waals surface area (Å²) in [5, 5.41) is 8.70. The van der Waals surface area contributed by atoms with Crippen LogP contribution < -0.4 is 0 Å². The molecule has 7 nitrogen and oxygen atoms in total. The lowest BCUT2D eigenvalue weighted by Gasteiger charge is -2.04. The molecule has 0 saturated heterocycles. The minimum Gasteiger partial charge on any atom is -0.335 e. The van der Waals surface area contributed by atoms with Gasteiger partial charge in [-0.2, -0.15) is 5.10 Å². The topological polar surface area (TPSA) is 88.1 Å². The highest BCUT2D eigenvalue weighted by Crippen LogP contribution is 2.34. The fraction of sp³-hybridized carbons (Fsp3) is 0.130. The number of hydrogen-bond acceptors (Lipinski definition) is 5. The predicted octanol–water partition coefficient (Wildman–Crippen LogP) is 5.25. The second kappa shape index (κ2) is 6.61. The van der Waals surface area contributed by atoms with Crippen molar-refractivity contribution in [3.05, 3.63) is 59.5 Å². The maximum absolute atomic E-state index is 4.76. The van der Waals surface area contributed by atoms with E-state index in [2.05, 4.69) is 60.9 Å². The van der Waals surface area contributed by atoms with Gasteiger partial charge in [0.2, 0.25) is 0 Å². The van der Waals surface area contributed by atoms with E-state index in [1.165, 1.54) is 9.75 Å². The number of rotatable bonds is 3. The van der Waals surface area contributed by atoms with Crippen molar-refractivity contribution in [1.82, 2.24) is 34.7 Å². The second-order valence-electron chi connectivity index (χ2n) is 7.64. The van der Waals surface area contributed by atoms with Gasteiger partial charge >= 0.3 is 0 Å². The number of fused-ring (bicyclic) bond motifs is 2. The third-order valence-corrected chi connectivity index (χ3v) is 6.74. The van der Waals surface area contributed by atoms with Gasteiger partial charge < -0.3 is 9.55 Å². The third-order valence-electron chi connectivity index (χ3n) is 5.70. The van der Waals surface area contributed by atoms with Crippen LogP contribution in [0.3, 0.4) is 0 Å². The van der Waals surface area contributed by atoms with Crippen LogP contribution in [0.4, 0.5) is 0 Å². The molecule has 2 N–H and O–H groups in total. The van der Waals surface area contributed by atoms with Gasteiger partial charge in [-0.15, -0.1) is 11.3 Å². The fourth-order valence-corrected chi connectivity index (χ4v) is 4.83. The first-order chi connectivity index (χ1) is 15.1. The van der Waals surface area contributed by atoms with Crippen LogP contribution in [0, 0.1) is 13.8 Å². The molecule has 1 aromatic carbocycles. The number of nitrogens with zero attached hydrogens (tertiary/aromatic N) is 5. The monoisotopic (exact) mass is 425 g/mol. The summed E-state index contributed by atoms with van der Waals surface area (Å²) in [6.45, 7) is 4.11. The van der Waals surface area contributed by atoms with Crippen LogP contribution in [-0.4, -0.2) is 34.7 Å². The zero-order valence-electron chi connectivity index (χ0n) is 17.3. The normalized spacial score (nSPS) is 11.7. The van der Waals surface area contributed by atoms with Crippen LogP contribution in [0.15, 0.2) is 48.8 Å². The van der Waals surface area contributed by atoms with E-state index in [4.69, 9.17) is 4.98 Å². The Bertz CT molecular complexity index is 1580. The summed E-state index contributed by atoms with van der Waals surface area (Å²) in [5.41, 5.74) is 6.60. The molecule has 0 spiro atoms. The molecule has 0 saturated carbocycles. The largest absolute Gasteiger partial charge is 0.335 e. The van der Waals surface area contributed by atoms with Gasteiger partial charge in [0.05, 0.1) is 22.9 Å². The lowest BCUT2D eigenvalue weighted by molar-refractivity contribution is 0.865. The summed E-state index contributed by atoms with van der Waals surface area (Å²) in [6, 6.07) is 12.6. The van der Waals surface area contributed by atoms with Crippen molar-refractivity contribution in [1.29, 1.82) is 0 Å². The Hall–Kier alpha value is -3.78. The Labute approximate surface area is 181 Å². The molecule has 5 aromatic heterocycles. The van der Waals surface area contributed by atoms with Gasteiger partial charge in [-0.1, -0.05) is 6.07 Å². The number of benzene rings is 1. The first-order valence-corrected chi connectivity index (χ1v) is 10.8. The minimum absolute atomic E-state index is 0.688. The van der Waals surface area contributed by atoms with Crippen molar-refractivity contribution in [2.75, 3.05) is 0 Å². The molecule has 0 fully saturated rings. The number of hydrogen-bond donors (Lipinski definition) is 2. The maximum atomic E-state index is 4.76. The molecular weight excluding hydrogens is 406 g/mol. The molecule has 0 amide bonds. The Kier molecular flexibility index (Phi) is 3.85. The number of aromatic amines is 2. The standard InChI is InChI=1S/C23H19N7S/c1-12-4-7-19(31-12)15-8-9-24-22-20(15)26-23(27-22)21-16-10-14(5-6-17(16)28-29-21)18-11-25-13(2)30(18)3/h4-11H,1-3H3,(H,28,29)(H,24,26,27). The first kappa shape index (κ1) is 18.0. The lowest BCUT2D eigenvalue weighted by atomic mass is 10.1. The van der Waals surface area contributed by atoms with Crippen LogP contribution in [0.2, 0.25) is 0 Å². The average molecular weight is 426 g/mol. The Morgan fingerprint density at radius 3 is 2.71 bits per heavy atom. The van der Waals surface area contributed by atoms with Crippen molar-refractivity contribution >= 4 is 33.4 Å². The average Bonchev–Trinajstić information content (AvgIpc) is 3.54. The van der Waals surface area contributed by atoms with Crippen LogP contribution in [0.5, 0.6) is 0 Å². The predicted molar refractivity (Wildman–Crippen MR) is 124 cm³/mol. The molecule has 152 valence electrons. The summed E-state index contributed by atoms with van der Waals surface area (Å²) in [4.78, 5) is 19.6. The van der Waals surface area contributed by atoms with Crippen LogP contribution in [-0.2, 0) is 7.05 Å². The van der Waals surface area contributed by atoms with Crippen molar-refractivity contribution in [2.45, 2.75) is 13.8 Å². The number of aryl methyl sites for hydroxylation is 2. The zero-order valence-corrected chi connectivity index (χ0v) is 18.1. The van der Waals surface area contributed by atoms with Crippen LogP contribution in [0.25, 0.3) is 55.3 Å². The minimum atomic E-state index is 0.688. The first-order valence-electron chi connectivity index (χ1n) is 9.97. The van der Waals surface area contributed by atoms with Gasteiger partial charge in [0.15, 0.2) is 11.5 Å². The SMILES string of the molecule is Cc1ccc(-c2ccnc3nc(-c4n[nH]c5ccc(-c6cnc(C)n6C)cc45)[nH]c23)s1. The molecule has 8 heteroatoms. The number of nitrogens with one attached hydrogen (secondary N) is 2. The lowest BCUT2D eigenvalue weighted by Crippen LogP contribution is -1.94. The molecule has 5 heterocycles. The quantitative estimate of drug-likeness (QED) is 0.405. The molecule has 0 aliphatic rings. The molecule has 0 atom stereocenters. The Balaban J connectivity index is 1.52. The molecule has 0 bridgehead atoms. The molecule has 31 heavy (non-hydrogen) atoms. The Morgan fingerprint density at radius 2 is 1.94 bits per heavy atom. The molecule has 6 aromatic rings. The number of pyridine rings is 1. The van der Waals surface area contributed by atoms with Crippen LogP contribution >= 0.6 is 11.3 Å². The highest BCUT2D eigenvalue weighted by molar-refractivity contribution is 7.15. The number of thiophene rings is 1. The molecule has 0 aliphatic carbocycles. The highest BCUT2D eigenvalue weighted by atomic mass is 32.1. The molecule has 0 radical (unpaired) electrons. The molecule has 6 rings (SSSR count). The fourth-order valence-electron chi connectivity index (χ4n) is 3.93. The smallest absolute Gasteiger partial charge is 0.178 e. The van der Waals surface area contributed by atoms with Crippen molar-refractivity contribution in [3.63, 3.8) is 0 Å². The van der Waals surface area contributed by atoms with Gasteiger partial charge in [-0.25, -0.2) is 15.0 Å². The van der Waals surface area contributed by atoms with E-state index in [1.54, 1.807) is 11.3 Å². The van der Waals surface area contributed by atoms with Gasteiger partial charge in [0.1, 0.15) is 11.5 Å². The van der Waals surface area contributed by atoms with Crippen molar-refractivity contribution in [3.8, 4) is 33.2 Å². The molecular formula is C23H19N7S. The van der Waals surface area contributed by atoms with Gasteiger partial charge in [-0.3, -0.25) is 5.10 Å². The Morgan fingerprint density at radius 1 is 1.03 bits per heavy atom. The summed E-state index contributed by atoms with van der Waals surface area (Å²) in [6.07, 6.45) is 3.71. The van der Waals surface area contributed by atoms with Crippen molar-refractivity contribution in [2.24, 2.45) is 7.05 Å². The molecule has 0 unspecified atom stereocenters. The third kappa shape index (κ3) is 2.79. The molecule has 0 aliphatic heterocycles. The van der Waals surface area contributed by atoms with E-state index in [1.807, 2.05) is 38.5 Å². The highest BCUT2D eigenvalue weighted by Gasteiger charge is 2.17. The van der Waals surface area contributed by atoms with E-state index in [0.29, 0.717) is 11.5 Å². The number of aromatic nitrogens is 7. The van der Waals surface area contributed by atoms with Crippen molar-refractivity contribution < 1.29 is 0 Å². The van der Waals surface area contributed by atoms with E-state index < -0.39 is 0 Å². The maximum Gasteiger partial charge on any atom is 0.178 e. The zero-order chi connectivity index (χ0) is 21.1. The number of H-pyrrole nitrogens is 2. The summed E-state index contributed by atoms with van der Waals surface area (Å²) >= 11 is 1.76. The van der Waals surface area contributed by atoms with Gasteiger partial charge in [0, 0.05) is 39.5 Å². The number of imidazole rings is 2. The summed E-state index contributed by atoms with van der Waals surface area (Å²) < 4.78 is 2.08. The summed E-state index contributed by atoms with van der Waals surface area (Å²) in [5.74, 6) is 1.68. The van der Waals surface area contributed by atoms with Gasteiger partial charge in [-0.05, 0) is 44.2 Å². The van der Waals surface area contributed by atoms with E-state index in [-0.39, 0.29) is 0 Å². The summed E-state index contributed by atoms with van der Waals surface area (Å²) in [7, 11) is 2.02. The van der Waals surface area contributed by atoms with E-state index in [9.17, 15) is 0 Å². The van der Waals surface area contributed by atoms with E-state index >= 15 is 0 Å².